The molecule has 0 saturated heterocycles. The van der Waals surface area contributed by atoms with Crippen LogP contribution in [0.3, 0.4) is 0 Å². The lowest BCUT2D eigenvalue weighted by Gasteiger charge is -2.09. The summed E-state index contributed by atoms with van der Waals surface area (Å²) in [6.07, 6.45) is 0. The zero-order chi connectivity index (χ0) is 20.1. The minimum atomic E-state index is -0.458. The molecule has 0 aliphatic heterocycles. The maximum Gasteiger partial charge on any atom is 0.337 e. The number of amides is 1. The van der Waals surface area contributed by atoms with E-state index in [2.05, 4.69) is 25.3 Å². The van der Waals surface area contributed by atoms with Gasteiger partial charge >= 0.3 is 5.97 Å². The van der Waals surface area contributed by atoms with Gasteiger partial charge in [0, 0.05) is 17.1 Å². The largest absolute Gasteiger partial charge is 0.465 e. The van der Waals surface area contributed by atoms with E-state index >= 15 is 0 Å². The van der Waals surface area contributed by atoms with Gasteiger partial charge in [-0.2, -0.15) is 0 Å². The predicted octanol–water partition coefficient (Wildman–Crippen LogP) is 3.71. The van der Waals surface area contributed by atoms with E-state index in [9.17, 15) is 14.0 Å². The van der Waals surface area contributed by atoms with E-state index in [0.29, 0.717) is 22.6 Å². The third kappa shape index (κ3) is 4.67. The molecule has 3 rings (SSSR count). The van der Waals surface area contributed by atoms with Gasteiger partial charge < -0.3 is 15.4 Å². The Hall–Kier alpha value is -3.81. The van der Waals surface area contributed by atoms with Crippen molar-refractivity contribution in [2.24, 2.45) is 0 Å². The van der Waals surface area contributed by atoms with Gasteiger partial charge in [0.25, 0.3) is 5.91 Å². The quantitative estimate of drug-likeness (QED) is 0.656. The maximum atomic E-state index is 13.0. The topological polar surface area (TPSA) is 93.2 Å². The van der Waals surface area contributed by atoms with E-state index in [1.807, 2.05) is 0 Å². The Kier molecular flexibility index (Phi) is 5.59. The van der Waals surface area contributed by atoms with Crippen molar-refractivity contribution in [3.8, 4) is 0 Å². The second-order valence-electron chi connectivity index (χ2n) is 5.87. The van der Waals surface area contributed by atoms with Crippen LogP contribution in [0.25, 0.3) is 0 Å². The van der Waals surface area contributed by atoms with Gasteiger partial charge in [-0.3, -0.25) is 4.79 Å². The average Bonchev–Trinajstić information content (AvgIpc) is 2.69. The molecule has 1 amide bonds. The number of halogens is 1. The number of anilines is 3. The normalized spacial score (nSPS) is 10.2. The molecule has 0 aliphatic carbocycles. The Morgan fingerprint density at radius 2 is 1.61 bits per heavy atom. The van der Waals surface area contributed by atoms with Crippen LogP contribution in [0.2, 0.25) is 0 Å². The molecule has 2 aromatic carbocycles. The summed E-state index contributed by atoms with van der Waals surface area (Å²) < 4.78 is 17.7. The number of benzene rings is 2. The van der Waals surface area contributed by atoms with Crippen molar-refractivity contribution < 1.29 is 18.7 Å². The van der Waals surface area contributed by atoms with E-state index in [4.69, 9.17) is 0 Å². The van der Waals surface area contributed by atoms with Gasteiger partial charge in [-0.1, -0.05) is 0 Å². The highest BCUT2D eigenvalue weighted by molar-refractivity contribution is 6.03. The third-order valence-electron chi connectivity index (χ3n) is 3.75. The Labute approximate surface area is 160 Å². The number of hydrogen-bond acceptors (Lipinski definition) is 6. The molecule has 0 radical (unpaired) electrons. The number of rotatable bonds is 5. The highest BCUT2D eigenvalue weighted by Gasteiger charge is 2.12. The zero-order valence-corrected chi connectivity index (χ0v) is 15.2. The molecule has 2 N–H and O–H groups in total. The number of methoxy groups -OCH3 is 1. The van der Waals surface area contributed by atoms with E-state index in [-0.39, 0.29) is 17.5 Å². The second-order valence-corrected chi connectivity index (χ2v) is 5.87. The van der Waals surface area contributed by atoms with Crippen molar-refractivity contribution in [3.63, 3.8) is 0 Å². The van der Waals surface area contributed by atoms with Crippen LogP contribution in [-0.4, -0.2) is 29.0 Å². The number of nitrogens with zero attached hydrogens (tertiary/aromatic N) is 2. The molecular formula is C20H17FN4O3. The molecule has 0 saturated carbocycles. The number of carbonyl (C=O) groups is 2. The van der Waals surface area contributed by atoms with Gasteiger partial charge in [-0.05, 0) is 61.5 Å². The molecule has 1 heterocycles. The van der Waals surface area contributed by atoms with Gasteiger partial charge in [0.05, 0.1) is 12.7 Å². The van der Waals surface area contributed by atoms with E-state index in [1.54, 1.807) is 49.4 Å². The summed E-state index contributed by atoms with van der Waals surface area (Å²) in [6, 6.07) is 13.5. The molecule has 0 unspecified atom stereocenters. The first-order chi connectivity index (χ1) is 13.4. The number of esters is 1. The van der Waals surface area contributed by atoms with Crippen LogP contribution in [-0.2, 0) is 4.74 Å². The van der Waals surface area contributed by atoms with E-state index in [0.717, 1.165) is 0 Å². The molecule has 0 spiro atoms. The average molecular weight is 380 g/mol. The Morgan fingerprint density at radius 3 is 2.25 bits per heavy atom. The van der Waals surface area contributed by atoms with Crippen LogP contribution in [0.4, 0.5) is 21.7 Å². The molecule has 0 fully saturated rings. The van der Waals surface area contributed by atoms with Gasteiger partial charge in [0.2, 0.25) is 5.95 Å². The highest BCUT2D eigenvalue weighted by atomic mass is 19.1. The zero-order valence-electron chi connectivity index (χ0n) is 15.2. The Bertz CT molecular complexity index is 1000. The predicted molar refractivity (Wildman–Crippen MR) is 102 cm³/mol. The minimum absolute atomic E-state index is 0.161. The number of aryl methyl sites for hydroxylation is 1. The molecule has 1 aromatic heterocycles. The van der Waals surface area contributed by atoms with Gasteiger partial charge in [0.15, 0.2) is 0 Å². The summed E-state index contributed by atoms with van der Waals surface area (Å²) in [4.78, 5) is 32.4. The minimum Gasteiger partial charge on any atom is -0.465 e. The van der Waals surface area contributed by atoms with Gasteiger partial charge in [-0.15, -0.1) is 0 Å². The van der Waals surface area contributed by atoms with Crippen molar-refractivity contribution in [1.82, 2.24) is 9.97 Å². The number of hydrogen-bond donors (Lipinski definition) is 2. The number of nitrogens with one attached hydrogen (secondary N) is 2. The smallest absolute Gasteiger partial charge is 0.337 e. The van der Waals surface area contributed by atoms with Crippen LogP contribution in [0.5, 0.6) is 0 Å². The molecule has 0 aliphatic rings. The molecule has 7 nitrogen and oxygen atoms in total. The highest BCUT2D eigenvalue weighted by Crippen LogP contribution is 2.16. The monoisotopic (exact) mass is 380 g/mol. The summed E-state index contributed by atoms with van der Waals surface area (Å²) in [5.41, 5.74) is 2.22. The van der Waals surface area contributed by atoms with Crippen molar-refractivity contribution >= 4 is 29.2 Å². The lowest BCUT2D eigenvalue weighted by molar-refractivity contribution is 0.0600. The van der Waals surface area contributed by atoms with E-state index < -0.39 is 11.9 Å². The summed E-state index contributed by atoms with van der Waals surface area (Å²) in [5.74, 6) is -1.02. The van der Waals surface area contributed by atoms with Gasteiger partial charge in [0.1, 0.15) is 11.5 Å². The SMILES string of the molecule is COC(=O)c1ccc(NC(=O)c2cc(C)nc(Nc3ccc(F)cc3)n2)cc1. The van der Waals surface area contributed by atoms with Gasteiger partial charge in [-0.25, -0.2) is 19.2 Å². The van der Waals surface area contributed by atoms with E-state index in [1.165, 1.54) is 19.2 Å². The third-order valence-corrected chi connectivity index (χ3v) is 3.75. The van der Waals surface area contributed by atoms with Crippen LogP contribution < -0.4 is 10.6 Å². The Balaban J connectivity index is 1.75. The fourth-order valence-electron chi connectivity index (χ4n) is 2.41. The standard InChI is InChI=1S/C20H17FN4O3/c1-12-11-17(25-20(22-12)24-16-9-5-14(21)6-10-16)18(26)23-15-7-3-13(4-8-15)19(27)28-2/h3-11H,1-2H3,(H,23,26)(H,22,24,25). The van der Waals surface area contributed by atoms with Crippen LogP contribution >= 0.6 is 0 Å². The molecular weight excluding hydrogens is 363 g/mol. The van der Waals surface area contributed by atoms with Crippen molar-refractivity contribution in [1.29, 1.82) is 0 Å². The fourth-order valence-corrected chi connectivity index (χ4v) is 2.41. The summed E-state index contributed by atoms with van der Waals surface area (Å²) in [6.45, 7) is 1.74. The molecule has 8 heteroatoms. The molecule has 142 valence electrons. The van der Waals surface area contributed by atoms with Crippen LogP contribution in [0.1, 0.15) is 26.5 Å². The number of aromatic nitrogens is 2. The lowest BCUT2D eigenvalue weighted by atomic mass is 10.2. The van der Waals surface area contributed by atoms with Crippen LogP contribution in [0.15, 0.2) is 54.6 Å². The molecule has 0 atom stereocenters. The maximum absolute atomic E-state index is 13.0. The first-order valence-corrected chi connectivity index (χ1v) is 8.32. The number of carbonyl (C=O) groups excluding carboxylic acids is 2. The molecule has 28 heavy (non-hydrogen) atoms. The van der Waals surface area contributed by atoms with Crippen molar-refractivity contribution in [2.45, 2.75) is 6.92 Å². The molecule has 3 aromatic rings. The summed E-state index contributed by atoms with van der Waals surface area (Å²) in [5, 5.41) is 5.65. The summed E-state index contributed by atoms with van der Waals surface area (Å²) in [7, 11) is 1.30. The molecule has 0 bridgehead atoms. The fraction of sp³-hybridized carbons (Fsp3) is 0.100. The number of ether oxygens (including phenoxy) is 1. The second kappa shape index (κ2) is 8.26. The van der Waals surface area contributed by atoms with Crippen molar-refractivity contribution in [2.75, 3.05) is 17.7 Å². The Morgan fingerprint density at radius 1 is 0.964 bits per heavy atom. The first-order valence-electron chi connectivity index (χ1n) is 8.32. The summed E-state index contributed by atoms with van der Waals surface area (Å²) >= 11 is 0. The first kappa shape index (κ1) is 19.0. The van der Waals surface area contributed by atoms with Crippen molar-refractivity contribution in [3.05, 3.63) is 77.4 Å². The van der Waals surface area contributed by atoms with Crippen LogP contribution in [0, 0.1) is 12.7 Å². The lowest BCUT2D eigenvalue weighted by Crippen LogP contribution is -2.15.